The van der Waals surface area contributed by atoms with Crippen molar-refractivity contribution >= 4 is 27.4 Å². The zero-order chi connectivity index (χ0) is 14.3. The average Bonchev–Trinajstić information content (AvgIpc) is 2.37. The fourth-order valence-electron chi connectivity index (χ4n) is 1.58. The lowest BCUT2D eigenvalue weighted by molar-refractivity contribution is -0.123. The van der Waals surface area contributed by atoms with E-state index in [1.165, 1.54) is 0 Å². The van der Waals surface area contributed by atoms with Gasteiger partial charge in [0.05, 0.1) is 6.04 Å². The Morgan fingerprint density at radius 2 is 2.11 bits per heavy atom. The van der Waals surface area contributed by atoms with E-state index >= 15 is 0 Å². The van der Waals surface area contributed by atoms with Gasteiger partial charge in [0.15, 0.2) is 5.78 Å². The van der Waals surface area contributed by atoms with Crippen molar-refractivity contribution in [2.45, 2.75) is 44.7 Å². The third-order valence-corrected chi connectivity index (χ3v) is 4.83. The van der Waals surface area contributed by atoms with Crippen LogP contribution in [0.5, 0.6) is 0 Å². The maximum atomic E-state index is 12.1. The molecule has 1 unspecified atom stereocenters. The molecule has 0 aliphatic heterocycles. The molecule has 1 aromatic rings. The standard InChI is InChI=1S/C14H22N2OS2/c1-10(2)14(17)13(16-11(3)4)9-18-19-12-6-5-7-15-8-12/h5-8,10-11,13,16H,9H2,1-4H3. The highest BCUT2D eigenvalue weighted by Crippen LogP contribution is 2.30. The number of hydrogen-bond donors (Lipinski definition) is 1. The van der Waals surface area contributed by atoms with Crippen molar-refractivity contribution in [2.75, 3.05) is 5.75 Å². The Kier molecular flexibility index (Phi) is 7.49. The zero-order valence-corrected chi connectivity index (χ0v) is 13.6. The van der Waals surface area contributed by atoms with Crippen molar-refractivity contribution in [1.82, 2.24) is 10.3 Å². The first-order valence-electron chi connectivity index (χ1n) is 6.50. The molecule has 0 aliphatic rings. The normalized spacial score (nSPS) is 12.9. The molecule has 1 aromatic heterocycles. The number of nitrogens with one attached hydrogen (secondary N) is 1. The maximum absolute atomic E-state index is 12.1. The van der Waals surface area contributed by atoms with Crippen LogP contribution in [0.25, 0.3) is 0 Å². The van der Waals surface area contributed by atoms with Crippen LogP contribution in [0.1, 0.15) is 27.7 Å². The van der Waals surface area contributed by atoms with Gasteiger partial charge in [0.25, 0.3) is 0 Å². The van der Waals surface area contributed by atoms with Crippen LogP contribution in [0.15, 0.2) is 29.4 Å². The van der Waals surface area contributed by atoms with E-state index in [1.807, 2.05) is 32.2 Å². The largest absolute Gasteiger partial charge is 0.305 e. The molecule has 0 saturated carbocycles. The van der Waals surface area contributed by atoms with Gasteiger partial charge in [0.2, 0.25) is 0 Å². The molecule has 106 valence electrons. The Balaban J connectivity index is 2.46. The number of Topliss-reactive ketones (excluding diaryl/α,β-unsaturated/α-hetero) is 1. The first-order valence-corrected chi connectivity index (χ1v) is 8.82. The highest BCUT2D eigenvalue weighted by atomic mass is 33.1. The topological polar surface area (TPSA) is 42.0 Å². The Morgan fingerprint density at radius 1 is 1.37 bits per heavy atom. The van der Waals surface area contributed by atoms with Gasteiger partial charge in [-0.05, 0) is 12.1 Å². The number of ketones is 1. The second kappa shape index (κ2) is 8.61. The monoisotopic (exact) mass is 298 g/mol. The lowest BCUT2D eigenvalue weighted by Crippen LogP contribution is -2.44. The first-order chi connectivity index (χ1) is 9.00. The summed E-state index contributed by atoms with van der Waals surface area (Å²) < 4.78 is 0. The van der Waals surface area contributed by atoms with Crippen LogP contribution < -0.4 is 5.32 Å². The number of hydrogen-bond acceptors (Lipinski definition) is 5. The SMILES string of the molecule is CC(C)NC(CSSc1cccnc1)C(=O)C(C)C. The number of nitrogens with zero attached hydrogens (tertiary/aromatic N) is 1. The van der Waals surface area contributed by atoms with Crippen LogP contribution in [0.2, 0.25) is 0 Å². The van der Waals surface area contributed by atoms with Gasteiger partial charge in [-0.15, -0.1) is 0 Å². The van der Waals surface area contributed by atoms with E-state index < -0.39 is 0 Å². The van der Waals surface area contributed by atoms with E-state index in [2.05, 4.69) is 24.1 Å². The van der Waals surface area contributed by atoms with E-state index in [0.29, 0.717) is 6.04 Å². The second-order valence-electron chi connectivity index (χ2n) is 4.99. The minimum Gasteiger partial charge on any atom is -0.305 e. The second-order valence-corrected chi connectivity index (χ2v) is 7.40. The Labute approximate surface area is 123 Å². The molecular weight excluding hydrogens is 276 g/mol. The first kappa shape index (κ1) is 16.5. The summed E-state index contributed by atoms with van der Waals surface area (Å²) in [5.41, 5.74) is 0. The van der Waals surface area contributed by atoms with Gasteiger partial charge in [-0.1, -0.05) is 49.3 Å². The van der Waals surface area contributed by atoms with E-state index in [4.69, 9.17) is 0 Å². The van der Waals surface area contributed by atoms with Crippen molar-refractivity contribution in [3.8, 4) is 0 Å². The molecule has 19 heavy (non-hydrogen) atoms. The van der Waals surface area contributed by atoms with Crippen LogP contribution in [-0.4, -0.2) is 28.6 Å². The van der Waals surface area contributed by atoms with Gasteiger partial charge in [0.1, 0.15) is 0 Å². The summed E-state index contributed by atoms with van der Waals surface area (Å²) in [6.07, 6.45) is 3.60. The zero-order valence-electron chi connectivity index (χ0n) is 11.9. The van der Waals surface area contributed by atoms with Crippen LogP contribution in [-0.2, 0) is 4.79 Å². The fourth-order valence-corrected chi connectivity index (χ4v) is 3.74. The van der Waals surface area contributed by atoms with E-state index in [9.17, 15) is 4.79 Å². The predicted molar refractivity (Wildman–Crippen MR) is 84.5 cm³/mol. The summed E-state index contributed by atoms with van der Waals surface area (Å²) in [7, 11) is 3.36. The maximum Gasteiger partial charge on any atom is 0.153 e. The third-order valence-electron chi connectivity index (χ3n) is 2.47. The van der Waals surface area contributed by atoms with Crippen molar-refractivity contribution in [3.63, 3.8) is 0 Å². The van der Waals surface area contributed by atoms with E-state index in [1.54, 1.807) is 27.8 Å². The molecule has 1 heterocycles. The Bertz CT molecular complexity index is 382. The minimum absolute atomic E-state index is 0.0697. The summed E-state index contributed by atoms with van der Waals surface area (Å²) in [6.45, 7) is 8.05. The summed E-state index contributed by atoms with van der Waals surface area (Å²) in [6, 6.07) is 4.19. The van der Waals surface area contributed by atoms with Crippen molar-refractivity contribution in [3.05, 3.63) is 24.5 Å². The molecule has 5 heteroatoms. The highest BCUT2D eigenvalue weighted by molar-refractivity contribution is 8.76. The van der Waals surface area contributed by atoms with Gasteiger partial charge in [-0.3, -0.25) is 9.78 Å². The number of aromatic nitrogens is 1. The number of pyridine rings is 1. The van der Waals surface area contributed by atoms with Gasteiger partial charge >= 0.3 is 0 Å². The molecule has 0 saturated heterocycles. The molecule has 0 bridgehead atoms. The third kappa shape index (κ3) is 6.45. The molecule has 1 atom stereocenters. The summed E-state index contributed by atoms with van der Waals surface area (Å²) in [5, 5.41) is 3.35. The van der Waals surface area contributed by atoms with E-state index in [0.717, 1.165) is 10.6 Å². The van der Waals surface area contributed by atoms with Gasteiger partial charge < -0.3 is 5.32 Å². The Hall–Kier alpha value is -0.520. The molecule has 0 aromatic carbocycles. The molecule has 0 fully saturated rings. The molecule has 0 spiro atoms. The molecule has 1 N–H and O–H groups in total. The average molecular weight is 298 g/mol. The smallest absolute Gasteiger partial charge is 0.153 e. The number of carbonyl (C=O) groups is 1. The van der Waals surface area contributed by atoms with Gasteiger partial charge in [-0.25, -0.2) is 0 Å². The summed E-state index contributed by atoms with van der Waals surface area (Å²) in [4.78, 5) is 17.3. The van der Waals surface area contributed by atoms with Crippen molar-refractivity contribution < 1.29 is 4.79 Å². The quantitative estimate of drug-likeness (QED) is 0.745. The summed E-state index contributed by atoms with van der Waals surface area (Å²) >= 11 is 0. The number of carbonyl (C=O) groups excluding carboxylic acids is 1. The van der Waals surface area contributed by atoms with E-state index in [-0.39, 0.29) is 17.7 Å². The van der Waals surface area contributed by atoms with Crippen LogP contribution in [0, 0.1) is 5.92 Å². The molecule has 3 nitrogen and oxygen atoms in total. The van der Waals surface area contributed by atoms with Gasteiger partial charge in [0, 0.05) is 35.0 Å². The Morgan fingerprint density at radius 3 is 2.63 bits per heavy atom. The van der Waals surface area contributed by atoms with Crippen molar-refractivity contribution in [2.24, 2.45) is 5.92 Å². The molecule has 0 radical (unpaired) electrons. The molecular formula is C14H22N2OS2. The van der Waals surface area contributed by atoms with Crippen LogP contribution in [0.4, 0.5) is 0 Å². The molecule has 0 amide bonds. The summed E-state index contributed by atoms with van der Waals surface area (Å²) in [5.74, 6) is 1.13. The lowest BCUT2D eigenvalue weighted by atomic mass is 10.0. The van der Waals surface area contributed by atoms with Gasteiger partial charge in [-0.2, -0.15) is 0 Å². The molecule has 0 aliphatic carbocycles. The molecule has 1 rings (SSSR count). The lowest BCUT2D eigenvalue weighted by Gasteiger charge is -2.21. The van der Waals surface area contributed by atoms with Crippen molar-refractivity contribution in [1.29, 1.82) is 0 Å². The van der Waals surface area contributed by atoms with Crippen LogP contribution >= 0.6 is 21.6 Å². The fraction of sp³-hybridized carbons (Fsp3) is 0.571. The van der Waals surface area contributed by atoms with Crippen LogP contribution in [0.3, 0.4) is 0 Å². The highest BCUT2D eigenvalue weighted by Gasteiger charge is 2.21. The predicted octanol–water partition coefficient (Wildman–Crippen LogP) is 3.41. The number of rotatable bonds is 8. The minimum atomic E-state index is -0.0748.